The van der Waals surface area contributed by atoms with Gasteiger partial charge in [0.25, 0.3) is 0 Å². The average Bonchev–Trinajstić information content (AvgIpc) is 3.16. The van der Waals surface area contributed by atoms with Gasteiger partial charge in [-0.15, -0.1) is 11.3 Å². The third-order valence-electron chi connectivity index (χ3n) is 4.12. The van der Waals surface area contributed by atoms with Gasteiger partial charge in [-0.05, 0) is 17.7 Å². The zero-order valence-corrected chi connectivity index (χ0v) is 16.7. The highest BCUT2D eigenvalue weighted by Crippen LogP contribution is 2.29. The Kier molecular flexibility index (Phi) is 6.63. The molecule has 1 aromatic heterocycles. The Hall–Kier alpha value is -4.18. The minimum absolute atomic E-state index is 0.0206. The van der Waals surface area contributed by atoms with E-state index in [9.17, 15) is 24.3 Å². The van der Waals surface area contributed by atoms with Crippen LogP contribution < -0.4 is 16.0 Å². The summed E-state index contributed by atoms with van der Waals surface area (Å²) in [4.78, 5) is 46.2. The zero-order chi connectivity index (χ0) is 22.4. The van der Waals surface area contributed by atoms with Crippen LogP contribution in [0.5, 0.6) is 0 Å². The second kappa shape index (κ2) is 9.55. The molecule has 0 saturated heterocycles. The second-order valence-electron chi connectivity index (χ2n) is 6.24. The fraction of sp³-hybridized carbons (Fsp3) is 0.0476. The Labute approximate surface area is 180 Å². The smallest absolute Gasteiger partial charge is 0.394 e. The van der Waals surface area contributed by atoms with Crippen LogP contribution in [0.2, 0.25) is 0 Å². The Morgan fingerprint density at radius 1 is 0.871 bits per heavy atom. The molecule has 10 heteroatoms. The fourth-order valence-electron chi connectivity index (χ4n) is 2.73. The Bertz CT molecular complexity index is 1140. The summed E-state index contributed by atoms with van der Waals surface area (Å²) >= 11 is 0.863. The number of carbonyl (C=O) groups is 4. The molecular weight excluding hydrogens is 422 g/mol. The van der Waals surface area contributed by atoms with Crippen LogP contribution >= 0.6 is 11.3 Å². The van der Waals surface area contributed by atoms with Crippen molar-refractivity contribution in [1.82, 2.24) is 5.32 Å². The van der Waals surface area contributed by atoms with Crippen molar-refractivity contribution in [3.8, 4) is 11.1 Å². The Morgan fingerprint density at radius 2 is 1.55 bits per heavy atom. The highest BCUT2D eigenvalue weighted by Gasteiger charge is 2.20. The lowest BCUT2D eigenvalue weighted by molar-refractivity contribution is -0.147. The first kappa shape index (κ1) is 21.5. The van der Waals surface area contributed by atoms with Crippen molar-refractivity contribution in [2.45, 2.75) is 6.54 Å². The molecular formula is C21H17N3O6S. The van der Waals surface area contributed by atoms with Gasteiger partial charge in [-0.25, -0.2) is 14.4 Å². The molecule has 9 nitrogen and oxygen atoms in total. The number of hydrogen-bond donors (Lipinski definition) is 5. The number of rotatable bonds is 6. The van der Waals surface area contributed by atoms with Crippen molar-refractivity contribution in [3.05, 3.63) is 71.1 Å². The topological polar surface area (TPSA) is 145 Å². The molecule has 0 spiro atoms. The third-order valence-corrected chi connectivity index (χ3v) is 5.17. The quantitative estimate of drug-likeness (QED) is 0.372. The summed E-state index contributed by atoms with van der Waals surface area (Å²) in [5.74, 6) is -4.41. The van der Waals surface area contributed by atoms with Gasteiger partial charge in [-0.2, -0.15) is 0 Å². The van der Waals surface area contributed by atoms with Crippen molar-refractivity contribution in [3.63, 3.8) is 0 Å². The molecule has 0 fully saturated rings. The van der Waals surface area contributed by atoms with Gasteiger partial charge in [-0.3, -0.25) is 4.79 Å². The molecule has 0 radical (unpaired) electrons. The molecule has 0 unspecified atom stereocenters. The van der Waals surface area contributed by atoms with E-state index in [0.29, 0.717) is 10.6 Å². The first-order valence-electron chi connectivity index (χ1n) is 8.94. The van der Waals surface area contributed by atoms with E-state index in [0.717, 1.165) is 22.5 Å². The maximum atomic E-state index is 12.4. The van der Waals surface area contributed by atoms with Crippen molar-refractivity contribution in [2.24, 2.45) is 0 Å². The van der Waals surface area contributed by atoms with E-state index in [1.54, 1.807) is 12.1 Å². The summed E-state index contributed by atoms with van der Waals surface area (Å²) in [6.45, 7) is -0.0206. The molecule has 0 bridgehead atoms. The third kappa shape index (κ3) is 5.46. The number of carboxylic acid groups (broad SMARTS) is 2. The van der Waals surface area contributed by atoms with Crippen LogP contribution in [0, 0.1) is 0 Å². The number of nitrogens with one attached hydrogen (secondary N) is 3. The van der Waals surface area contributed by atoms with E-state index >= 15 is 0 Å². The number of para-hydroxylation sites is 1. The van der Waals surface area contributed by atoms with Gasteiger partial charge >= 0.3 is 23.9 Å². The lowest BCUT2D eigenvalue weighted by Crippen LogP contribution is -2.28. The van der Waals surface area contributed by atoms with Gasteiger partial charge in [0.15, 0.2) is 0 Å². The number of hydrogen-bond acceptors (Lipinski definition) is 5. The number of benzene rings is 2. The molecule has 0 saturated carbocycles. The van der Waals surface area contributed by atoms with Crippen LogP contribution in [0.1, 0.15) is 15.2 Å². The van der Waals surface area contributed by atoms with Gasteiger partial charge in [0.2, 0.25) is 0 Å². The molecule has 2 aromatic carbocycles. The molecule has 3 amide bonds. The summed E-state index contributed by atoms with van der Waals surface area (Å²) in [5, 5.41) is 25.2. The standard InChI is InChI=1S/C21H17N3O6S/c25-17(20(28)29)24-18-15(19(26)27)10-13(31-18)11-22-21(30)23-16-9-5-4-8-14(16)12-6-2-1-3-7-12/h1-10H,11H2,(H,24,25)(H,26,27)(H,28,29)(H2,22,23,30). The van der Waals surface area contributed by atoms with Gasteiger partial charge in [-0.1, -0.05) is 48.5 Å². The summed E-state index contributed by atoms with van der Waals surface area (Å²) in [6, 6.07) is 17.6. The van der Waals surface area contributed by atoms with Crippen LogP contribution in [0.3, 0.4) is 0 Å². The van der Waals surface area contributed by atoms with E-state index in [1.165, 1.54) is 6.07 Å². The number of thiophene rings is 1. The average molecular weight is 439 g/mol. The Balaban J connectivity index is 1.69. The molecule has 0 atom stereocenters. The molecule has 0 aliphatic rings. The van der Waals surface area contributed by atoms with Gasteiger partial charge in [0.1, 0.15) is 5.00 Å². The van der Waals surface area contributed by atoms with Crippen LogP contribution in [-0.4, -0.2) is 34.1 Å². The molecule has 1 heterocycles. The van der Waals surface area contributed by atoms with Crippen molar-refractivity contribution in [1.29, 1.82) is 0 Å². The summed E-state index contributed by atoms with van der Waals surface area (Å²) in [7, 11) is 0. The lowest BCUT2D eigenvalue weighted by Gasteiger charge is -2.12. The zero-order valence-electron chi connectivity index (χ0n) is 15.9. The predicted molar refractivity (Wildman–Crippen MR) is 115 cm³/mol. The number of urea groups is 1. The van der Waals surface area contributed by atoms with Crippen molar-refractivity contribution < 1.29 is 29.4 Å². The molecule has 3 rings (SSSR count). The molecule has 158 valence electrons. The van der Waals surface area contributed by atoms with Gasteiger partial charge in [0.05, 0.1) is 17.8 Å². The van der Waals surface area contributed by atoms with Crippen molar-refractivity contribution >= 4 is 45.9 Å². The minimum atomic E-state index is -1.74. The molecule has 31 heavy (non-hydrogen) atoms. The predicted octanol–water partition coefficient (Wildman–Crippen LogP) is 3.46. The highest BCUT2D eigenvalue weighted by atomic mass is 32.1. The molecule has 0 aliphatic carbocycles. The highest BCUT2D eigenvalue weighted by molar-refractivity contribution is 7.16. The second-order valence-corrected chi connectivity index (χ2v) is 7.38. The number of anilines is 2. The lowest BCUT2D eigenvalue weighted by atomic mass is 10.0. The summed E-state index contributed by atoms with van der Waals surface area (Å²) in [5.41, 5.74) is 2.10. The summed E-state index contributed by atoms with van der Waals surface area (Å²) in [6.07, 6.45) is 0. The molecule has 0 aliphatic heterocycles. The van der Waals surface area contributed by atoms with Gasteiger partial charge < -0.3 is 26.2 Å². The number of carbonyl (C=O) groups excluding carboxylic acids is 2. The first-order valence-corrected chi connectivity index (χ1v) is 9.76. The number of carboxylic acids is 2. The molecule has 3 aromatic rings. The van der Waals surface area contributed by atoms with E-state index in [2.05, 4.69) is 10.6 Å². The van der Waals surface area contributed by atoms with Crippen LogP contribution in [0.15, 0.2) is 60.7 Å². The number of aliphatic carboxylic acids is 1. The van der Waals surface area contributed by atoms with Gasteiger partial charge in [0, 0.05) is 10.4 Å². The van der Waals surface area contributed by atoms with Crippen LogP contribution in [0.4, 0.5) is 15.5 Å². The van der Waals surface area contributed by atoms with E-state index in [4.69, 9.17) is 5.11 Å². The van der Waals surface area contributed by atoms with E-state index in [-0.39, 0.29) is 17.1 Å². The maximum Gasteiger partial charge on any atom is 0.394 e. The SMILES string of the molecule is O=C(NCc1cc(C(=O)O)c(NC(=O)C(=O)O)s1)Nc1ccccc1-c1ccccc1. The van der Waals surface area contributed by atoms with E-state index in [1.807, 2.05) is 47.8 Å². The van der Waals surface area contributed by atoms with Crippen molar-refractivity contribution in [2.75, 3.05) is 10.6 Å². The summed E-state index contributed by atoms with van der Waals surface area (Å²) < 4.78 is 0. The fourth-order valence-corrected chi connectivity index (χ4v) is 3.72. The monoisotopic (exact) mass is 439 g/mol. The minimum Gasteiger partial charge on any atom is -0.478 e. The van der Waals surface area contributed by atoms with Crippen LogP contribution in [0.25, 0.3) is 11.1 Å². The largest absolute Gasteiger partial charge is 0.478 e. The number of aromatic carboxylic acids is 1. The van der Waals surface area contributed by atoms with Crippen LogP contribution in [-0.2, 0) is 16.1 Å². The Morgan fingerprint density at radius 3 is 2.23 bits per heavy atom. The number of amides is 3. The normalized spacial score (nSPS) is 10.2. The maximum absolute atomic E-state index is 12.4. The first-order chi connectivity index (χ1) is 14.8. The molecule has 5 N–H and O–H groups in total. The van der Waals surface area contributed by atoms with E-state index < -0.39 is 23.9 Å².